The van der Waals surface area contributed by atoms with Crippen LogP contribution < -0.4 is 5.32 Å². The van der Waals surface area contributed by atoms with Crippen molar-refractivity contribution in [1.29, 1.82) is 0 Å². The second-order valence-corrected chi connectivity index (χ2v) is 8.19. The molecule has 152 valence electrons. The number of nitrogens with zero attached hydrogens (tertiary/aromatic N) is 2. The Bertz CT molecular complexity index is 1120. The van der Waals surface area contributed by atoms with E-state index in [-0.39, 0.29) is 24.4 Å². The number of para-hydroxylation sites is 1. The molecule has 1 N–H and O–H groups in total. The fourth-order valence-electron chi connectivity index (χ4n) is 2.42. The van der Waals surface area contributed by atoms with Crippen LogP contribution in [-0.2, 0) is 21.1 Å². The van der Waals surface area contributed by atoms with Crippen LogP contribution in [0.15, 0.2) is 57.9 Å². The predicted molar refractivity (Wildman–Crippen MR) is 101 cm³/mol. The predicted octanol–water partition coefficient (Wildman–Crippen LogP) is 3.96. The number of rotatable bonds is 7. The van der Waals surface area contributed by atoms with E-state index in [4.69, 9.17) is 16.1 Å². The van der Waals surface area contributed by atoms with Gasteiger partial charge in [-0.1, -0.05) is 28.9 Å². The third kappa shape index (κ3) is 4.96. The molecule has 1 aromatic heterocycles. The van der Waals surface area contributed by atoms with Crippen molar-refractivity contribution in [2.24, 2.45) is 0 Å². The molecule has 29 heavy (non-hydrogen) atoms. The number of carbonyl (C=O) groups is 1. The Morgan fingerprint density at radius 1 is 1.14 bits per heavy atom. The fourth-order valence-corrected chi connectivity index (χ4v) is 3.43. The van der Waals surface area contributed by atoms with E-state index in [1.807, 2.05) is 0 Å². The normalized spacial score (nSPS) is 11.6. The van der Waals surface area contributed by atoms with Crippen LogP contribution in [0.1, 0.15) is 12.3 Å². The zero-order valence-electron chi connectivity index (χ0n) is 14.7. The van der Waals surface area contributed by atoms with Crippen LogP contribution in [0.5, 0.6) is 0 Å². The van der Waals surface area contributed by atoms with Crippen LogP contribution in [0.2, 0.25) is 5.02 Å². The molecule has 1 heterocycles. The number of hydrogen-bond donors (Lipinski definition) is 1. The van der Waals surface area contributed by atoms with Gasteiger partial charge in [0.1, 0.15) is 0 Å². The largest absolute Gasteiger partial charge is 0.341 e. The Balaban J connectivity index is 1.65. The van der Waals surface area contributed by atoms with E-state index in [2.05, 4.69) is 15.5 Å². The molecule has 1 amide bonds. The summed E-state index contributed by atoms with van der Waals surface area (Å²) in [5.41, 5.74) is 0.463. The van der Waals surface area contributed by atoms with Gasteiger partial charge >= 0.3 is 5.76 Å². The molecular weight excluding hydrogens is 428 g/mol. The average molecular weight is 442 g/mol. The molecule has 7 nitrogen and oxygen atoms in total. The van der Waals surface area contributed by atoms with Gasteiger partial charge in [-0.2, -0.15) is 13.8 Å². The Morgan fingerprint density at radius 3 is 2.52 bits per heavy atom. The van der Waals surface area contributed by atoms with E-state index in [9.17, 15) is 22.0 Å². The summed E-state index contributed by atoms with van der Waals surface area (Å²) in [5.74, 6) is -3.66. The van der Waals surface area contributed by atoms with Crippen LogP contribution in [-0.4, -0.2) is 30.2 Å². The number of aryl methyl sites for hydroxylation is 1. The van der Waals surface area contributed by atoms with Gasteiger partial charge in [-0.25, -0.2) is 8.42 Å². The maximum atomic E-state index is 12.8. The first-order valence-corrected chi connectivity index (χ1v) is 10.2. The van der Waals surface area contributed by atoms with Gasteiger partial charge in [0.2, 0.25) is 27.5 Å². The molecule has 0 aliphatic heterocycles. The smallest absolute Gasteiger partial charge is 0.339 e. The summed E-state index contributed by atoms with van der Waals surface area (Å²) < 4.78 is 54.2. The number of benzene rings is 2. The molecular formula is C18H14ClF2N3O4S. The minimum absolute atomic E-state index is 0.0796. The highest BCUT2D eigenvalue weighted by molar-refractivity contribution is 7.91. The number of amides is 1. The highest BCUT2D eigenvalue weighted by atomic mass is 35.5. The third-order valence-corrected chi connectivity index (χ3v) is 5.53. The number of halogens is 3. The molecule has 0 bridgehead atoms. The Hall–Kier alpha value is -2.85. The summed E-state index contributed by atoms with van der Waals surface area (Å²) in [4.78, 5) is 15.7. The van der Waals surface area contributed by atoms with Crippen molar-refractivity contribution in [3.8, 4) is 11.4 Å². The molecule has 0 saturated heterocycles. The Labute approximate surface area is 169 Å². The van der Waals surface area contributed by atoms with Crippen molar-refractivity contribution >= 4 is 33.0 Å². The van der Waals surface area contributed by atoms with Gasteiger partial charge in [0.15, 0.2) is 0 Å². The number of carbonyl (C=O) groups excluding carboxylic acids is 1. The molecule has 0 saturated carbocycles. The van der Waals surface area contributed by atoms with Crippen molar-refractivity contribution in [2.75, 3.05) is 5.32 Å². The second-order valence-electron chi connectivity index (χ2n) is 5.87. The fraction of sp³-hybridized carbons (Fsp3) is 0.167. The van der Waals surface area contributed by atoms with Crippen molar-refractivity contribution < 1.29 is 26.5 Å². The Kier molecular flexibility index (Phi) is 6.23. The number of aromatic nitrogens is 2. The highest BCUT2D eigenvalue weighted by Gasteiger charge is 2.29. The molecule has 0 fully saturated rings. The minimum Gasteiger partial charge on any atom is -0.339 e. The zero-order chi connectivity index (χ0) is 21.0. The van der Waals surface area contributed by atoms with Crippen LogP contribution in [0.4, 0.5) is 14.5 Å². The summed E-state index contributed by atoms with van der Waals surface area (Å²) in [7, 11) is -4.85. The Morgan fingerprint density at radius 2 is 1.83 bits per heavy atom. The number of nitrogens with one attached hydrogen (secondary N) is 1. The van der Waals surface area contributed by atoms with Gasteiger partial charge in [0.25, 0.3) is 0 Å². The lowest BCUT2D eigenvalue weighted by Crippen LogP contribution is -2.18. The summed E-state index contributed by atoms with van der Waals surface area (Å²) in [5, 5.41) is 6.71. The van der Waals surface area contributed by atoms with Crippen LogP contribution >= 0.6 is 11.6 Å². The monoisotopic (exact) mass is 441 g/mol. The van der Waals surface area contributed by atoms with Gasteiger partial charge in [0.05, 0.1) is 10.6 Å². The van der Waals surface area contributed by atoms with E-state index >= 15 is 0 Å². The van der Waals surface area contributed by atoms with Crippen LogP contribution in [0, 0.1) is 0 Å². The van der Waals surface area contributed by atoms with E-state index < -0.39 is 26.4 Å². The van der Waals surface area contributed by atoms with E-state index in [1.165, 1.54) is 18.2 Å². The van der Waals surface area contributed by atoms with Crippen LogP contribution in [0.3, 0.4) is 0 Å². The first-order chi connectivity index (χ1) is 13.8. The summed E-state index contributed by atoms with van der Waals surface area (Å²) in [6.45, 7) is 0. The van der Waals surface area contributed by atoms with Gasteiger partial charge in [0, 0.05) is 23.4 Å². The number of hydrogen-bond acceptors (Lipinski definition) is 6. The quantitative estimate of drug-likeness (QED) is 0.595. The molecule has 3 aromatic rings. The third-order valence-electron chi connectivity index (χ3n) is 3.84. The number of alkyl halides is 2. The van der Waals surface area contributed by atoms with Crippen molar-refractivity contribution in [3.63, 3.8) is 0 Å². The highest BCUT2D eigenvalue weighted by Crippen LogP contribution is 2.26. The summed E-state index contributed by atoms with van der Waals surface area (Å²) in [6.07, 6.45) is -0.0402. The first-order valence-electron chi connectivity index (χ1n) is 8.27. The lowest BCUT2D eigenvalue weighted by molar-refractivity contribution is -0.116. The van der Waals surface area contributed by atoms with Crippen LogP contribution in [0.25, 0.3) is 11.4 Å². The lowest BCUT2D eigenvalue weighted by atomic mass is 10.2. The van der Waals surface area contributed by atoms with Crippen molar-refractivity contribution in [1.82, 2.24) is 10.1 Å². The summed E-state index contributed by atoms with van der Waals surface area (Å²) in [6, 6.07) is 11.7. The maximum absolute atomic E-state index is 12.8. The van der Waals surface area contributed by atoms with Gasteiger partial charge in [-0.15, -0.1) is 0 Å². The minimum atomic E-state index is -4.85. The molecule has 3 rings (SSSR count). The maximum Gasteiger partial charge on any atom is 0.341 e. The topological polar surface area (TPSA) is 102 Å². The number of sulfone groups is 1. The van der Waals surface area contributed by atoms with E-state index in [0.29, 0.717) is 16.4 Å². The summed E-state index contributed by atoms with van der Waals surface area (Å²) >= 11 is 5.82. The standard InChI is InChI=1S/C18H14ClF2N3O4S/c19-12-7-5-11(6-8-12)17-23-16(28-24-17)10-9-15(25)22-13-3-1-2-4-14(13)29(26,27)18(20)21/h1-8,18H,9-10H2,(H,22,25). The average Bonchev–Trinajstić information content (AvgIpc) is 3.16. The van der Waals surface area contributed by atoms with Crippen molar-refractivity contribution in [2.45, 2.75) is 23.5 Å². The molecule has 0 aliphatic carbocycles. The molecule has 0 radical (unpaired) electrons. The first kappa shape index (κ1) is 20.9. The molecule has 2 aromatic carbocycles. The lowest BCUT2D eigenvalue weighted by Gasteiger charge is -2.10. The SMILES string of the molecule is O=C(CCc1nc(-c2ccc(Cl)cc2)no1)Nc1ccccc1S(=O)(=O)C(F)F. The molecule has 11 heteroatoms. The van der Waals surface area contributed by atoms with Gasteiger partial charge < -0.3 is 9.84 Å². The second kappa shape index (κ2) is 8.66. The van der Waals surface area contributed by atoms with E-state index in [0.717, 1.165) is 6.07 Å². The number of anilines is 1. The molecule has 0 unspecified atom stereocenters. The van der Waals surface area contributed by atoms with Gasteiger partial charge in [-0.05, 0) is 36.4 Å². The van der Waals surface area contributed by atoms with E-state index in [1.54, 1.807) is 24.3 Å². The zero-order valence-corrected chi connectivity index (χ0v) is 16.3. The molecule has 0 atom stereocenters. The van der Waals surface area contributed by atoms with Gasteiger partial charge in [-0.3, -0.25) is 4.79 Å². The van der Waals surface area contributed by atoms with Crippen molar-refractivity contribution in [3.05, 3.63) is 59.4 Å². The molecule has 0 aliphatic rings. The molecule has 0 spiro atoms.